The Morgan fingerprint density at radius 2 is 1.65 bits per heavy atom. The number of ether oxygens (including phenoxy) is 3. The van der Waals surface area contributed by atoms with E-state index in [1.54, 1.807) is 30.6 Å². The molecule has 5 aromatic rings. The number of nitriles is 1. The molecule has 2 saturated heterocycles. The minimum Gasteiger partial charge on any atom is -0.489 e. The van der Waals surface area contributed by atoms with E-state index in [-0.39, 0.29) is 47.6 Å². The Morgan fingerprint density at radius 3 is 2.34 bits per heavy atom. The van der Waals surface area contributed by atoms with Gasteiger partial charge < -0.3 is 39.8 Å². The Bertz CT molecular complexity index is 2560. The van der Waals surface area contributed by atoms with E-state index in [1.807, 2.05) is 23.0 Å². The van der Waals surface area contributed by atoms with Crippen molar-refractivity contribution in [2.24, 2.45) is 10.8 Å². The Kier molecular flexibility index (Phi) is 17.2. The molecule has 71 heavy (non-hydrogen) atoms. The van der Waals surface area contributed by atoms with E-state index >= 15 is 0 Å². The maximum absolute atomic E-state index is 13.4. The smallest absolute Gasteiger partial charge is 0.254 e. The lowest BCUT2D eigenvalue weighted by Crippen LogP contribution is -2.74. The van der Waals surface area contributed by atoms with Crippen LogP contribution in [0.4, 0.5) is 17.6 Å². The molecule has 3 aliphatic rings. The van der Waals surface area contributed by atoms with Crippen molar-refractivity contribution in [2.75, 3.05) is 54.6 Å². The molecular weight excluding hydrogens is 918 g/mol. The predicted molar refractivity (Wildman–Crippen MR) is 276 cm³/mol. The molecule has 1 amide bonds. The molecular formula is C54H72ClN11O5. The summed E-state index contributed by atoms with van der Waals surface area (Å²) in [5, 5.41) is 30.8. The SMILES string of the molecule is CCc1cnn2c(NCc3ccc(OCCCCCCCCOC4CCN(c5ncc(C(=O)NC6C(C)(C)C(Oc7ccc(C#N)c(Cl)c7)C6(C)C)cn5)CC4)nc3)cc(N3CCCCC3CCO)nc12. The summed E-state index contributed by atoms with van der Waals surface area (Å²) in [7, 11) is 0. The average Bonchev–Trinajstić information content (AvgIpc) is 3.81. The minimum absolute atomic E-state index is 0.160. The number of benzene rings is 1. The summed E-state index contributed by atoms with van der Waals surface area (Å²) in [5.74, 6) is 3.47. The van der Waals surface area contributed by atoms with Gasteiger partial charge in [-0.2, -0.15) is 14.9 Å². The fourth-order valence-corrected chi connectivity index (χ4v) is 11.2. The van der Waals surface area contributed by atoms with Crippen LogP contribution >= 0.6 is 11.6 Å². The number of aliphatic hydroxyl groups excluding tert-OH is 1. The van der Waals surface area contributed by atoms with E-state index < -0.39 is 0 Å². The van der Waals surface area contributed by atoms with Crippen molar-refractivity contribution >= 4 is 40.7 Å². The number of hydrogen-bond donors (Lipinski definition) is 3. The number of halogens is 1. The molecule has 1 atom stereocenters. The van der Waals surface area contributed by atoms with Gasteiger partial charge in [-0.3, -0.25) is 4.79 Å². The molecule has 0 radical (unpaired) electrons. The van der Waals surface area contributed by atoms with Crippen LogP contribution in [-0.4, -0.2) is 104 Å². The lowest BCUT2D eigenvalue weighted by Gasteiger charge is -2.63. The molecule has 1 aromatic carbocycles. The van der Waals surface area contributed by atoms with Gasteiger partial charge in [-0.05, 0) is 75.5 Å². The molecule has 2 aliphatic heterocycles. The number of piperidine rings is 2. The third-order valence-electron chi connectivity index (χ3n) is 14.8. The van der Waals surface area contributed by atoms with Crippen LogP contribution in [0.5, 0.6) is 11.6 Å². The lowest BCUT2D eigenvalue weighted by atomic mass is 9.49. The van der Waals surface area contributed by atoms with Gasteiger partial charge in [-0.25, -0.2) is 19.9 Å². The first-order valence-electron chi connectivity index (χ1n) is 25.8. The quantitative estimate of drug-likeness (QED) is 0.0525. The zero-order valence-corrected chi connectivity index (χ0v) is 43.0. The van der Waals surface area contributed by atoms with E-state index in [9.17, 15) is 15.2 Å². The zero-order chi connectivity index (χ0) is 50.0. The fourth-order valence-electron chi connectivity index (χ4n) is 11.0. The van der Waals surface area contributed by atoms with Crippen LogP contribution in [0.1, 0.15) is 139 Å². The fraction of sp³-hybridized carbons (Fsp3) is 0.574. The Labute approximate surface area is 423 Å². The zero-order valence-electron chi connectivity index (χ0n) is 42.2. The van der Waals surface area contributed by atoms with Crippen molar-refractivity contribution in [1.29, 1.82) is 5.26 Å². The number of anilines is 3. The van der Waals surface area contributed by atoms with Gasteiger partial charge in [0.25, 0.3) is 5.91 Å². The standard InChI is InChI=1S/C54H72ClN11O5/c1-6-38-36-61-66-45(30-46(62-48(38)66)65-23-12-11-15-41(65)22-26-67)57-32-37-16-19-47(58-33-37)70-28-14-10-8-7-9-13-27-69-42-20-24-64(25-21-42)52-59-34-40(35-60-52)49(68)63-50-53(2,3)51(54(50,4)5)71-43-18-17-39(31-56)44(55)29-43/h16-19,29-30,33-36,41-42,50-51,57,67H,6-15,20-28,32H2,1-5H3,(H,63,68). The van der Waals surface area contributed by atoms with Crippen LogP contribution in [0.25, 0.3) is 5.65 Å². The third kappa shape index (κ3) is 12.3. The van der Waals surface area contributed by atoms with Gasteiger partial charge in [0, 0.05) is 105 Å². The number of hydrogen-bond acceptors (Lipinski definition) is 14. The second-order valence-corrected chi connectivity index (χ2v) is 21.0. The molecule has 6 heterocycles. The van der Waals surface area contributed by atoms with Crippen molar-refractivity contribution in [3.05, 3.63) is 88.5 Å². The number of amides is 1. The molecule has 8 rings (SSSR count). The molecule has 0 bridgehead atoms. The Balaban J connectivity index is 0.673. The molecule has 16 nitrogen and oxygen atoms in total. The molecule has 17 heteroatoms. The van der Waals surface area contributed by atoms with Gasteiger partial charge in [-0.1, -0.05) is 78.0 Å². The summed E-state index contributed by atoms with van der Waals surface area (Å²) in [4.78, 5) is 36.7. The normalized spacial score (nSPS) is 19.8. The monoisotopic (exact) mass is 990 g/mol. The van der Waals surface area contributed by atoms with Gasteiger partial charge in [-0.15, -0.1) is 0 Å². The van der Waals surface area contributed by atoms with E-state index in [0.29, 0.717) is 46.9 Å². The lowest BCUT2D eigenvalue weighted by molar-refractivity contribution is -0.164. The highest BCUT2D eigenvalue weighted by atomic mass is 35.5. The van der Waals surface area contributed by atoms with Gasteiger partial charge in [0.2, 0.25) is 11.8 Å². The van der Waals surface area contributed by atoms with Gasteiger partial charge in [0.1, 0.15) is 29.6 Å². The van der Waals surface area contributed by atoms with Crippen LogP contribution in [0.15, 0.2) is 61.2 Å². The van der Waals surface area contributed by atoms with Crippen LogP contribution < -0.4 is 29.9 Å². The van der Waals surface area contributed by atoms with Gasteiger partial charge >= 0.3 is 0 Å². The number of fused-ring (bicyclic) bond motifs is 1. The summed E-state index contributed by atoms with van der Waals surface area (Å²) in [6, 6.07) is 13.4. The second kappa shape index (κ2) is 23.6. The molecule has 1 unspecified atom stereocenters. The third-order valence-corrected chi connectivity index (χ3v) is 15.1. The maximum atomic E-state index is 13.4. The highest BCUT2D eigenvalue weighted by Crippen LogP contribution is 2.55. The number of carbonyl (C=O) groups is 1. The van der Waals surface area contributed by atoms with Crippen LogP contribution in [0.3, 0.4) is 0 Å². The van der Waals surface area contributed by atoms with Crippen LogP contribution in [0, 0.1) is 22.2 Å². The minimum atomic E-state index is -0.373. The van der Waals surface area contributed by atoms with Gasteiger partial charge in [0.05, 0.1) is 35.1 Å². The van der Waals surface area contributed by atoms with Crippen LogP contribution in [0.2, 0.25) is 5.02 Å². The number of aliphatic hydroxyl groups is 1. The summed E-state index contributed by atoms with van der Waals surface area (Å²) < 4.78 is 20.5. The average molecular weight is 991 g/mol. The molecule has 0 spiro atoms. The number of aromatic nitrogens is 6. The molecule has 1 aliphatic carbocycles. The highest BCUT2D eigenvalue weighted by molar-refractivity contribution is 6.31. The molecule has 3 fully saturated rings. The predicted octanol–water partition coefficient (Wildman–Crippen LogP) is 9.37. The Hall–Kier alpha value is -5.76. The summed E-state index contributed by atoms with van der Waals surface area (Å²) in [6.45, 7) is 15.2. The summed E-state index contributed by atoms with van der Waals surface area (Å²) >= 11 is 6.26. The largest absolute Gasteiger partial charge is 0.489 e. The van der Waals surface area contributed by atoms with E-state index in [1.165, 1.54) is 19.3 Å². The van der Waals surface area contributed by atoms with Gasteiger partial charge in [0.15, 0.2) is 5.65 Å². The number of pyridine rings is 1. The second-order valence-electron chi connectivity index (χ2n) is 20.6. The molecule has 4 aromatic heterocycles. The van der Waals surface area contributed by atoms with Crippen molar-refractivity contribution in [3.8, 4) is 17.7 Å². The number of nitrogens with zero attached hydrogens (tertiary/aromatic N) is 9. The number of nitrogens with one attached hydrogen (secondary N) is 2. The summed E-state index contributed by atoms with van der Waals surface area (Å²) in [5.41, 5.74) is 3.11. The number of unbranched alkanes of at least 4 members (excludes halogenated alkanes) is 5. The summed E-state index contributed by atoms with van der Waals surface area (Å²) in [6.07, 6.45) is 20.5. The van der Waals surface area contributed by atoms with E-state index in [0.717, 1.165) is 119 Å². The van der Waals surface area contributed by atoms with Crippen molar-refractivity contribution in [3.63, 3.8) is 0 Å². The Morgan fingerprint density at radius 1 is 0.901 bits per heavy atom. The topological polar surface area (TPSA) is 188 Å². The first kappa shape index (κ1) is 51.6. The molecule has 3 N–H and O–H groups in total. The van der Waals surface area contributed by atoms with Crippen molar-refractivity contribution < 1.29 is 24.1 Å². The highest BCUT2D eigenvalue weighted by Gasteiger charge is 2.64. The number of aryl methyl sites for hydroxylation is 1. The van der Waals surface area contributed by atoms with E-state index in [4.69, 9.17) is 30.8 Å². The van der Waals surface area contributed by atoms with Crippen LogP contribution in [-0.2, 0) is 17.7 Å². The van der Waals surface area contributed by atoms with Crippen molar-refractivity contribution in [2.45, 2.75) is 149 Å². The number of carbonyl (C=O) groups excluding carboxylic acids is 1. The molecule has 1 saturated carbocycles. The van der Waals surface area contributed by atoms with E-state index in [2.05, 4.69) is 93.3 Å². The maximum Gasteiger partial charge on any atom is 0.254 e. The first-order valence-corrected chi connectivity index (χ1v) is 26.2. The first-order chi connectivity index (χ1) is 34.4. The molecule has 380 valence electrons. The number of rotatable bonds is 23. The van der Waals surface area contributed by atoms with Crippen molar-refractivity contribution in [1.82, 2.24) is 34.9 Å².